The standard InChI is InChI=1S/C21H27NO3/c1-6-18(17-11-12-19(24-5)15(3)13-17)22-21(23)16(4)25-20-10-8-7-9-14(20)2/h7-13,16,18H,6H2,1-5H3,(H,22,23)/t16-,18+/m0/s1. The van der Waals surface area contributed by atoms with Gasteiger partial charge < -0.3 is 14.8 Å². The van der Waals surface area contributed by atoms with Crippen molar-refractivity contribution in [1.29, 1.82) is 0 Å². The first kappa shape index (κ1) is 18.8. The third-order valence-electron chi connectivity index (χ3n) is 4.31. The van der Waals surface area contributed by atoms with Gasteiger partial charge in [0.1, 0.15) is 11.5 Å². The van der Waals surface area contributed by atoms with E-state index >= 15 is 0 Å². The number of nitrogens with one attached hydrogen (secondary N) is 1. The highest BCUT2D eigenvalue weighted by atomic mass is 16.5. The maximum atomic E-state index is 12.5. The Balaban J connectivity index is 2.06. The molecule has 2 atom stereocenters. The molecule has 0 saturated carbocycles. The highest BCUT2D eigenvalue weighted by molar-refractivity contribution is 5.81. The highest BCUT2D eigenvalue weighted by Crippen LogP contribution is 2.24. The summed E-state index contributed by atoms with van der Waals surface area (Å²) in [6.45, 7) is 7.79. The minimum atomic E-state index is -0.561. The van der Waals surface area contributed by atoms with E-state index in [0.29, 0.717) is 0 Å². The van der Waals surface area contributed by atoms with E-state index in [0.717, 1.165) is 34.6 Å². The third-order valence-corrected chi connectivity index (χ3v) is 4.31. The molecule has 0 unspecified atom stereocenters. The Morgan fingerprint density at radius 2 is 1.80 bits per heavy atom. The quantitative estimate of drug-likeness (QED) is 0.814. The van der Waals surface area contributed by atoms with Gasteiger partial charge in [0, 0.05) is 0 Å². The lowest BCUT2D eigenvalue weighted by molar-refractivity contribution is -0.128. The van der Waals surface area contributed by atoms with Crippen molar-refractivity contribution in [2.75, 3.05) is 7.11 Å². The van der Waals surface area contributed by atoms with Crippen LogP contribution >= 0.6 is 0 Å². The lowest BCUT2D eigenvalue weighted by Crippen LogP contribution is -2.38. The van der Waals surface area contributed by atoms with Crippen LogP contribution in [0.5, 0.6) is 11.5 Å². The third kappa shape index (κ3) is 4.75. The Hall–Kier alpha value is -2.49. The molecule has 0 spiro atoms. The molecule has 134 valence electrons. The summed E-state index contributed by atoms with van der Waals surface area (Å²) in [6.07, 6.45) is 0.240. The van der Waals surface area contributed by atoms with Gasteiger partial charge in [0.2, 0.25) is 0 Å². The normalized spacial score (nSPS) is 13.0. The summed E-state index contributed by atoms with van der Waals surface area (Å²) in [4.78, 5) is 12.5. The van der Waals surface area contributed by atoms with Gasteiger partial charge in [0.05, 0.1) is 13.2 Å². The first-order chi connectivity index (χ1) is 12.0. The Morgan fingerprint density at radius 1 is 1.08 bits per heavy atom. The summed E-state index contributed by atoms with van der Waals surface area (Å²) in [6, 6.07) is 13.6. The summed E-state index contributed by atoms with van der Waals surface area (Å²) >= 11 is 0. The summed E-state index contributed by atoms with van der Waals surface area (Å²) in [5.41, 5.74) is 3.13. The van der Waals surface area contributed by atoms with E-state index in [9.17, 15) is 4.79 Å². The summed E-state index contributed by atoms with van der Waals surface area (Å²) in [7, 11) is 1.66. The van der Waals surface area contributed by atoms with Gasteiger partial charge in [-0.3, -0.25) is 4.79 Å². The number of aryl methyl sites for hydroxylation is 2. The topological polar surface area (TPSA) is 47.6 Å². The van der Waals surface area contributed by atoms with Crippen LogP contribution in [0, 0.1) is 13.8 Å². The minimum Gasteiger partial charge on any atom is -0.496 e. The van der Waals surface area contributed by atoms with Gasteiger partial charge in [0.25, 0.3) is 5.91 Å². The molecule has 25 heavy (non-hydrogen) atoms. The molecule has 0 aliphatic heterocycles. The van der Waals surface area contributed by atoms with Gasteiger partial charge in [-0.1, -0.05) is 37.3 Å². The number of hydrogen-bond acceptors (Lipinski definition) is 3. The van der Waals surface area contributed by atoms with E-state index in [1.807, 2.05) is 50.2 Å². The molecule has 0 aromatic heterocycles. The van der Waals surface area contributed by atoms with Gasteiger partial charge in [-0.2, -0.15) is 0 Å². The van der Waals surface area contributed by atoms with Crippen molar-refractivity contribution in [2.45, 2.75) is 46.3 Å². The fraction of sp³-hybridized carbons (Fsp3) is 0.381. The fourth-order valence-corrected chi connectivity index (χ4v) is 2.76. The molecule has 0 heterocycles. The number of rotatable bonds is 7. The van der Waals surface area contributed by atoms with Crippen LogP contribution in [-0.2, 0) is 4.79 Å². The summed E-state index contributed by atoms with van der Waals surface area (Å²) in [5, 5.41) is 3.08. The molecule has 2 rings (SSSR count). The van der Waals surface area contributed by atoms with Crippen LogP contribution in [0.25, 0.3) is 0 Å². The van der Waals surface area contributed by atoms with Crippen molar-refractivity contribution in [3.05, 3.63) is 59.2 Å². The predicted octanol–water partition coefficient (Wildman–Crippen LogP) is 4.35. The van der Waals surface area contributed by atoms with Gasteiger partial charge in [-0.25, -0.2) is 0 Å². The van der Waals surface area contributed by atoms with Crippen molar-refractivity contribution in [3.8, 4) is 11.5 Å². The number of carbonyl (C=O) groups excluding carboxylic acids is 1. The SMILES string of the molecule is CC[C@@H](NC(=O)[C@H](C)Oc1ccccc1C)c1ccc(OC)c(C)c1. The maximum Gasteiger partial charge on any atom is 0.261 e. The molecule has 0 fully saturated rings. The van der Waals surface area contributed by atoms with Crippen LogP contribution in [0.3, 0.4) is 0 Å². The smallest absolute Gasteiger partial charge is 0.261 e. The van der Waals surface area contributed by atoms with Crippen LogP contribution < -0.4 is 14.8 Å². The van der Waals surface area contributed by atoms with Crippen molar-refractivity contribution < 1.29 is 14.3 Å². The Labute approximate surface area is 150 Å². The average Bonchev–Trinajstić information content (AvgIpc) is 2.61. The molecular formula is C21H27NO3. The van der Waals surface area contributed by atoms with Gasteiger partial charge in [-0.05, 0) is 56.0 Å². The number of carbonyl (C=O) groups is 1. The van der Waals surface area contributed by atoms with Crippen LogP contribution in [0.2, 0.25) is 0 Å². The summed E-state index contributed by atoms with van der Waals surface area (Å²) in [5.74, 6) is 1.46. The molecule has 0 aliphatic carbocycles. The monoisotopic (exact) mass is 341 g/mol. The first-order valence-electron chi connectivity index (χ1n) is 8.63. The van der Waals surface area contributed by atoms with Gasteiger partial charge in [0.15, 0.2) is 6.10 Å². The Kier molecular flexibility index (Phi) is 6.45. The molecular weight excluding hydrogens is 314 g/mol. The lowest BCUT2D eigenvalue weighted by Gasteiger charge is -2.22. The van der Waals surface area contributed by atoms with E-state index in [1.54, 1.807) is 14.0 Å². The van der Waals surface area contributed by atoms with Crippen LogP contribution in [0.15, 0.2) is 42.5 Å². The number of amides is 1. The Morgan fingerprint density at radius 3 is 2.40 bits per heavy atom. The molecule has 4 heteroatoms. The fourth-order valence-electron chi connectivity index (χ4n) is 2.76. The van der Waals surface area contributed by atoms with Crippen LogP contribution in [-0.4, -0.2) is 19.1 Å². The van der Waals surface area contributed by atoms with E-state index in [4.69, 9.17) is 9.47 Å². The zero-order valence-corrected chi connectivity index (χ0v) is 15.6. The number of ether oxygens (including phenoxy) is 2. The Bertz CT molecular complexity index is 727. The molecule has 4 nitrogen and oxygen atoms in total. The maximum absolute atomic E-state index is 12.5. The highest BCUT2D eigenvalue weighted by Gasteiger charge is 2.20. The second-order valence-corrected chi connectivity index (χ2v) is 6.22. The van der Waals surface area contributed by atoms with E-state index < -0.39 is 6.10 Å². The van der Waals surface area contributed by atoms with Crippen LogP contribution in [0.4, 0.5) is 0 Å². The van der Waals surface area contributed by atoms with Crippen molar-refractivity contribution in [2.24, 2.45) is 0 Å². The van der Waals surface area contributed by atoms with Crippen molar-refractivity contribution in [3.63, 3.8) is 0 Å². The summed E-state index contributed by atoms with van der Waals surface area (Å²) < 4.78 is 11.1. The second-order valence-electron chi connectivity index (χ2n) is 6.22. The second kappa shape index (κ2) is 8.56. The predicted molar refractivity (Wildman–Crippen MR) is 100 cm³/mol. The number of hydrogen-bond donors (Lipinski definition) is 1. The number of methoxy groups -OCH3 is 1. The largest absolute Gasteiger partial charge is 0.496 e. The van der Waals surface area contributed by atoms with E-state index in [1.165, 1.54) is 0 Å². The molecule has 1 N–H and O–H groups in total. The molecule has 0 aliphatic rings. The molecule has 1 amide bonds. The van der Waals surface area contributed by atoms with Crippen LogP contribution in [0.1, 0.15) is 43.0 Å². The van der Waals surface area contributed by atoms with E-state index in [2.05, 4.69) is 18.3 Å². The molecule has 0 radical (unpaired) electrons. The number of para-hydroxylation sites is 1. The minimum absolute atomic E-state index is 0.0555. The lowest BCUT2D eigenvalue weighted by atomic mass is 10.0. The first-order valence-corrected chi connectivity index (χ1v) is 8.63. The molecule has 0 bridgehead atoms. The van der Waals surface area contributed by atoms with Crippen molar-refractivity contribution >= 4 is 5.91 Å². The van der Waals surface area contributed by atoms with Gasteiger partial charge >= 0.3 is 0 Å². The molecule has 2 aromatic carbocycles. The van der Waals surface area contributed by atoms with Crippen molar-refractivity contribution in [1.82, 2.24) is 5.32 Å². The zero-order valence-electron chi connectivity index (χ0n) is 15.6. The molecule has 2 aromatic rings. The number of benzene rings is 2. The molecule has 0 saturated heterocycles. The zero-order chi connectivity index (χ0) is 18.4. The van der Waals surface area contributed by atoms with Gasteiger partial charge in [-0.15, -0.1) is 0 Å². The van der Waals surface area contributed by atoms with E-state index in [-0.39, 0.29) is 11.9 Å². The average molecular weight is 341 g/mol.